The molecule has 0 aliphatic heterocycles. The molecule has 1 unspecified atom stereocenters. The predicted octanol–water partition coefficient (Wildman–Crippen LogP) is 9.86. The van der Waals surface area contributed by atoms with Crippen LogP contribution >= 0.6 is 0 Å². The third-order valence-electron chi connectivity index (χ3n) is 12.3. The Morgan fingerprint density at radius 2 is 1.16 bits per heavy atom. The summed E-state index contributed by atoms with van der Waals surface area (Å²) in [5.41, 5.74) is 8.19. The molecule has 20 heteroatoms. The van der Waals surface area contributed by atoms with Gasteiger partial charge in [-0.15, -0.1) is 0 Å². The van der Waals surface area contributed by atoms with Gasteiger partial charge < -0.3 is 34.3 Å². The van der Waals surface area contributed by atoms with Crippen LogP contribution in [-0.4, -0.2) is 79.7 Å². The summed E-state index contributed by atoms with van der Waals surface area (Å²) in [6.07, 6.45) is 6.83. The number of carboxylic acids is 1. The Morgan fingerprint density at radius 1 is 0.636 bits per heavy atom. The van der Waals surface area contributed by atoms with E-state index in [2.05, 4.69) is 31.1 Å². The van der Waals surface area contributed by atoms with E-state index in [0.29, 0.717) is 41.5 Å². The van der Waals surface area contributed by atoms with Gasteiger partial charge in [-0.25, -0.2) is 13.2 Å². The topological polar surface area (TPSA) is 239 Å². The van der Waals surface area contributed by atoms with E-state index in [9.17, 15) is 22.8 Å². The first-order chi connectivity index (χ1) is 37.0. The van der Waals surface area contributed by atoms with Gasteiger partial charge in [-0.2, -0.15) is 14.5 Å². The Kier molecular flexibility index (Phi) is 18.7. The summed E-state index contributed by atoms with van der Waals surface area (Å²) in [5.74, 6) is 1.28. The number of benzene rings is 5. The summed E-state index contributed by atoms with van der Waals surface area (Å²) >= 11 is 0. The molecule has 9 aromatic rings. The first kappa shape index (κ1) is 55.6. The van der Waals surface area contributed by atoms with Crippen LogP contribution in [0, 0.1) is 27.7 Å². The molecule has 19 nitrogen and oxygen atoms in total. The number of ether oxygens (including phenoxy) is 2. The van der Waals surface area contributed by atoms with Gasteiger partial charge in [-0.05, 0) is 106 Å². The fraction of sp³-hybridized carbons (Fsp3) is 0.211. The smallest absolute Gasteiger partial charge is 0.335 e. The lowest BCUT2D eigenvalue weighted by Gasteiger charge is -2.23. The number of methoxy groups -OCH3 is 2. The number of carbonyl (C=O) groups excluding carboxylic acids is 2. The van der Waals surface area contributed by atoms with Crippen LogP contribution in [-0.2, 0) is 41.0 Å². The van der Waals surface area contributed by atoms with Crippen molar-refractivity contribution in [1.29, 1.82) is 0 Å². The van der Waals surface area contributed by atoms with Crippen molar-refractivity contribution in [3.05, 3.63) is 220 Å². The normalized spacial score (nSPS) is 11.4. The van der Waals surface area contributed by atoms with Gasteiger partial charge in [0.25, 0.3) is 5.91 Å². The maximum absolute atomic E-state index is 13.3. The van der Waals surface area contributed by atoms with Gasteiger partial charge in [0.05, 0.1) is 78.8 Å². The van der Waals surface area contributed by atoms with Crippen molar-refractivity contribution in [2.75, 3.05) is 24.9 Å². The molecule has 77 heavy (non-hydrogen) atoms. The number of aromatic nitrogens is 6. The summed E-state index contributed by atoms with van der Waals surface area (Å²) < 4.78 is 52.1. The molecule has 1 atom stereocenters. The van der Waals surface area contributed by atoms with Gasteiger partial charge in [-0.3, -0.25) is 19.0 Å². The number of aromatic carboxylic acids is 1. The van der Waals surface area contributed by atoms with E-state index in [4.69, 9.17) is 23.6 Å². The third kappa shape index (κ3) is 15.0. The van der Waals surface area contributed by atoms with E-state index < -0.39 is 16.0 Å². The minimum absolute atomic E-state index is 0.0358. The standard InChI is InChI=1S/C22H21NO5S.C18H20N4O2.C17H18N4O3/c1-28-20-11-7-18(8-12-20)16-23(15-17-5-3-2-4-6-17)29(26,27)21-13-9-19(10-14-21)22(24)25;1-12(15-7-5-4-6-8-15)18(23)20-16-9-19-22(10-16)11-17-13(2)21-24-14(17)3;1-11-16(12(2)24-20-11)10-21-9-14(8-18-21)19-17(22)13-5-4-6-15(7-13)23-3/h2-14H,15-16H2,1H3,(H,24,25);4-10,12H,11H2,1-3H3,(H,20,23);4-9H,10H2,1-3H3,(H,19,22). The molecule has 0 fully saturated rings. The predicted molar refractivity (Wildman–Crippen MR) is 288 cm³/mol. The van der Waals surface area contributed by atoms with E-state index in [1.54, 1.807) is 78.6 Å². The Hall–Kier alpha value is -9.14. The third-order valence-corrected chi connectivity index (χ3v) is 14.1. The number of hydrogen-bond acceptors (Lipinski definition) is 13. The van der Waals surface area contributed by atoms with E-state index in [1.165, 1.54) is 28.6 Å². The van der Waals surface area contributed by atoms with Crippen molar-refractivity contribution in [2.24, 2.45) is 0 Å². The average Bonchev–Trinajstić information content (AvgIpc) is 4.25. The fourth-order valence-electron chi connectivity index (χ4n) is 7.79. The summed E-state index contributed by atoms with van der Waals surface area (Å²) in [6, 6.07) is 38.4. The summed E-state index contributed by atoms with van der Waals surface area (Å²) in [4.78, 5) is 35.8. The second-order valence-electron chi connectivity index (χ2n) is 17.7. The van der Waals surface area contributed by atoms with Crippen LogP contribution in [0.2, 0.25) is 0 Å². The van der Waals surface area contributed by atoms with Crippen LogP contribution in [0.4, 0.5) is 11.4 Å². The van der Waals surface area contributed by atoms with Crippen LogP contribution in [0.25, 0.3) is 0 Å². The number of carbonyl (C=O) groups is 3. The first-order valence-corrected chi connectivity index (χ1v) is 25.6. The van der Waals surface area contributed by atoms with Crippen molar-refractivity contribution in [3.63, 3.8) is 0 Å². The van der Waals surface area contributed by atoms with E-state index >= 15 is 0 Å². The van der Waals surface area contributed by atoms with Crippen molar-refractivity contribution >= 4 is 39.2 Å². The lowest BCUT2D eigenvalue weighted by atomic mass is 10.0. The molecule has 9 rings (SSSR count). The zero-order chi connectivity index (χ0) is 55.1. The molecular weight excluding hydrogens is 1000 g/mol. The van der Waals surface area contributed by atoms with Gasteiger partial charge in [-0.1, -0.05) is 89.2 Å². The van der Waals surface area contributed by atoms with Gasteiger partial charge in [0.2, 0.25) is 15.9 Å². The van der Waals surface area contributed by atoms with Gasteiger partial charge in [0.1, 0.15) is 23.0 Å². The molecule has 4 aromatic heterocycles. The quantitative estimate of drug-likeness (QED) is 0.0725. The molecule has 0 bridgehead atoms. The monoisotopic (exact) mass is 1060 g/mol. The molecule has 398 valence electrons. The second-order valence-corrected chi connectivity index (χ2v) is 19.6. The lowest BCUT2D eigenvalue weighted by molar-refractivity contribution is -0.117. The SMILES string of the molecule is COc1ccc(CN(Cc2ccccc2)S(=O)(=O)c2ccc(C(=O)O)cc2)cc1.COc1cccc(C(=O)Nc2cnn(Cc3c(C)noc3C)c2)c1.Cc1noc(C)c1Cn1cc(NC(=O)C(C)c2ccccc2)cn1. The number of aryl methyl sites for hydroxylation is 4. The van der Waals surface area contributed by atoms with Gasteiger partial charge in [0.15, 0.2) is 0 Å². The average molecular weight is 1060 g/mol. The molecule has 0 spiro atoms. The number of carboxylic acid groups (broad SMARTS) is 1. The number of amides is 2. The molecule has 0 saturated carbocycles. The molecule has 5 aromatic carbocycles. The minimum atomic E-state index is -3.85. The maximum atomic E-state index is 13.3. The highest BCUT2D eigenvalue weighted by Gasteiger charge is 2.26. The summed E-state index contributed by atoms with van der Waals surface area (Å²) in [7, 11) is -0.710. The number of nitrogens with zero attached hydrogens (tertiary/aromatic N) is 7. The van der Waals surface area contributed by atoms with Gasteiger partial charge in [0, 0.05) is 42.2 Å². The van der Waals surface area contributed by atoms with Crippen LogP contribution in [0.3, 0.4) is 0 Å². The number of sulfonamides is 1. The number of rotatable bonds is 18. The molecule has 2 amide bonds. The first-order valence-electron chi connectivity index (χ1n) is 24.2. The Labute approximate surface area is 446 Å². The zero-order valence-corrected chi connectivity index (χ0v) is 44.4. The largest absolute Gasteiger partial charge is 0.497 e. The second kappa shape index (κ2) is 25.9. The molecule has 0 aliphatic carbocycles. The maximum Gasteiger partial charge on any atom is 0.335 e. The van der Waals surface area contributed by atoms with Crippen molar-refractivity contribution in [2.45, 2.75) is 71.6 Å². The molecule has 0 radical (unpaired) electrons. The molecule has 0 aliphatic rings. The highest BCUT2D eigenvalue weighted by molar-refractivity contribution is 7.89. The molecule has 0 saturated heterocycles. The lowest BCUT2D eigenvalue weighted by Crippen LogP contribution is -2.30. The van der Waals surface area contributed by atoms with Crippen LogP contribution < -0.4 is 20.1 Å². The van der Waals surface area contributed by atoms with Crippen LogP contribution in [0.1, 0.15) is 84.3 Å². The van der Waals surface area contributed by atoms with E-state index in [0.717, 1.165) is 50.7 Å². The Morgan fingerprint density at radius 3 is 1.66 bits per heavy atom. The molecule has 4 heterocycles. The Bertz CT molecular complexity index is 3460. The molecule has 3 N–H and O–H groups in total. The van der Waals surface area contributed by atoms with Crippen molar-refractivity contribution in [3.8, 4) is 11.5 Å². The fourth-order valence-corrected chi connectivity index (χ4v) is 9.20. The van der Waals surface area contributed by atoms with Crippen LogP contribution in [0.15, 0.2) is 172 Å². The van der Waals surface area contributed by atoms with Gasteiger partial charge >= 0.3 is 5.97 Å². The summed E-state index contributed by atoms with van der Waals surface area (Å²) in [5, 5.41) is 31.2. The highest BCUT2D eigenvalue weighted by Crippen LogP contribution is 2.24. The molecular formula is C57H59N9O10S. The summed E-state index contributed by atoms with van der Waals surface area (Å²) in [6.45, 7) is 10.9. The van der Waals surface area contributed by atoms with Crippen molar-refractivity contribution < 1.29 is 46.4 Å². The minimum Gasteiger partial charge on any atom is -0.497 e. The number of anilines is 2. The number of nitrogens with one attached hydrogen (secondary N) is 2. The van der Waals surface area contributed by atoms with Crippen LogP contribution in [0.5, 0.6) is 11.5 Å². The zero-order valence-electron chi connectivity index (χ0n) is 43.6. The van der Waals surface area contributed by atoms with Crippen molar-refractivity contribution in [1.82, 2.24) is 34.2 Å². The highest BCUT2D eigenvalue weighted by atomic mass is 32.2. The van der Waals surface area contributed by atoms with E-state index in [1.807, 2.05) is 114 Å². The number of hydrogen-bond donors (Lipinski definition) is 3. The Balaban J connectivity index is 0.000000169. The van der Waals surface area contributed by atoms with E-state index in [-0.39, 0.29) is 41.3 Å².